The molecule has 2 aliphatic rings. The lowest BCUT2D eigenvalue weighted by atomic mass is 9.75. The molecule has 11 heteroatoms. The number of thiocarbonyl (C=S) groups is 1. The average Bonchev–Trinajstić information content (AvgIpc) is 3.05. The number of carbonyl (C=O) groups is 1. The van der Waals surface area contributed by atoms with E-state index in [1.54, 1.807) is 53.7 Å². The summed E-state index contributed by atoms with van der Waals surface area (Å²) in [5.74, 6) is 0.509. The molecule has 0 atom stereocenters. The van der Waals surface area contributed by atoms with Crippen molar-refractivity contribution in [1.82, 2.24) is 9.97 Å². The second-order valence-corrected chi connectivity index (χ2v) is 8.46. The van der Waals surface area contributed by atoms with Crippen LogP contribution in [0, 0.1) is 11.3 Å². The summed E-state index contributed by atoms with van der Waals surface area (Å²) < 4.78 is 47.5. The Morgan fingerprint density at radius 3 is 2.40 bits per heavy atom. The maximum atomic E-state index is 13.9. The lowest BCUT2D eigenvalue weighted by Gasteiger charge is -2.43. The summed E-state index contributed by atoms with van der Waals surface area (Å²) in [6.45, 7) is 0. The average molecular weight is 495 g/mol. The molecule has 3 aromatic rings. The molecule has 1 saturated carbocycles. The van der Waals surface area contributed by atoms with Gasteiger partial charge in [-0.2, -0.15) is 18.4 Å². The van der Waals surface area contributed by atoms with E-state index in [1.807, 2.05) is 0 Å². The monoisotopic (exact) mass is 495 g/mol. The zero-order valence-electron chi connectivity index (χ0n) is 18.0. The molecule has 2 fully saturated rings. The number of carbonyl (C=O) groups excluding carboxylic acids is 1. The second-order valence-electron chi connectivity index (χ2n) is 8.09. The molecule has 0 N–H and O–H groups in total. The van der Waals surface area contributed by atoms with E-state index in [1.165, 1.54) is 6.07 Å². The summed E-state index contributed by atoms with van der Waals surface area (Å²) in [6.07, 6.45) is 0.952. The molecule has 1 saturated heterocycles. The summed E-state index contributed by atoms with van der Waals surface area (Å²) in [5, 5.41) is 9.14. The van der Waals surface area contributed by atoms with E-state index >= 15 is 0 Å². The van der Waals surface area contributed by atoms with E-state index < -0.39 is 34.6 Å². The molecule has 176 valence electrons. The van der Waals surface area contributed by atoms with Gasteiger partial charge in [-0.1, -0.05) is 0 Å². The maximum absolute atomic E-state index is 13.9. The van der Waals surface area contributed by atoms with Crippen LogP contribution in [0.25, 0.3) is 0 Å². The van der Waals surface area contributed by atoms with Gasteiger partial charge in [0.2, 0.25) is 0 Å². The van der Waals surface area contributed by atoms with Gasteiger partial charge in [0.15, 0.2) is 10.8 Å². The molecule has 7 nitrogen and oxygen atoms in total. The van der Waals surface area contributed by atoms with Crippen molar-refractivity contribution in [1.29, 1.82) is 5.26 Å². The number of nitriles is 1. The Morgan fingerprint density at radius 2 is 1.83 bits per heavy atom. The van der Waals surface area contributed by atoms with E-state index in [9.17, 15) is 23.2 Å². The molecule has 3 heterocycles. The zero-order valence-corrected chi connectivity index (χ0v) is 18.8. The third-order valence-corrected chi connectivity index (χ3v) is 6.48. The number of pyridine rings is 2. The molecule has 0 unspecified atom stereocenters. The SMILES string of the molecule is N#Cc1nccc(N2C(=O)C3(CCC3)N(c3ccc(Oc4cccnc4)cc3)C2=S)c1C(F)(F)F. The smallest absolute Gasteiger partial charge is 0.421 e. The number of nitrogens with zero attached hydrogens (tertiary/aromatic N) is 5. The summed E-state index contributed by atoms with van der Waals surface area (Å²) >= 11 is 5.57. The normalized spacial score (nSPS) is 16.9. The molecule has 1 aliphatic heterocycles. The Bertz CT molecular complexity index is 1350. The molecule has 5 rings (SSSR count). The molecule has 0 radical (unpaired) electrons. The van der Waals surface area contributed by atoms with Gasteiger partial charge in [0, 0.05) is 18.1 Å². The minimum atomic E-state index is -4.91. The molecule has 35 heavy (non-hydrogen) atoms. The fraction of sp³-hybridized carbons (Fsp3) is 0.208. The third kappa shape index (κ3) is 3.66. The number of aromatic nitrogens is 2. The Kier molecular flexibility index (Phi) is 5.40. The largest absolute Gasteiger partial charge is 0.456 e. The van der Waals surface area contributed by atoms with Crippen LogP contribution in [0.4, 0.5) is 24.5 Å². The number of hydrogen-bond donors (Lipinski definition) is 0. The van der Waals surface area contributed by atoms with Crippen molar-refractivity contribution in [3.63, 3.8) is 0 Å². The molecule has 1 spiro atoms. The maximum Gasteiger partial charge on any atom is 0.421 e. The molecular weight excluding hydrogens is 479 g/mol. The molecular formula is C24H16F3N5O2S. The minimum Gasteiger partial charge on any atom is -0.456 e. The number of ether oxygens (including phenoxy) is 1. The van der Waals surface area contributed by atoms with Crippen LogP contribution in [0.3, 0.4) is 0 Å². The molecule has 0 bridgehead atoms. The fourth-order valence-corrected chi connectivity index (χ4v) is 4.86. The zero-order chi connectivity index (χ0) is 24.8. The number of anilines is 2. The standard InChI is InChI=1S/C24H16F3N5O2S/c25-24(26,27)20-18(13-28)30-12-8-19(20)31-21(33)23(9-2-10-23)32(22(31)35)15-4-6-16(7-5-15)34-17-3-1-11-29-14-17/h1,3-8,11-12,14H,2,9-10H2. The van der Waals surface area contributed by atoms with Crippen molar-refractivity contribution < 1.29 is 22.7 Å². The molecule has 2 aromatic heterocycles. The number of halogens is 3. The van der Waals surface area contributed by atoms with Crippen LogP contribution in [0.15, 0.2) is 61.1 Å². The van der Waals surface area contributed by atoms with E-state index in [0.29, 0.717) is 30.0 Å². The van der Waals surface area contributed by atoms with Gasteiger partial charge in [0.1, 0.15) is 28.7 Å². The Balaban J connectivity index is 1.54. The topological polar surface area (TPSA) is 82.4 Å². The van der Waals surface area contributed by atoms with Crippen LogP contribution in [-0.4, -0.2) is 26.5 Å². The third-order valence-electron chi connectivity index (χ3n) is 6.12. The van der Waals surface area contributed by atoms with Crippen LogP contribution in [0.2, 0.25) is 0 Å². The first-order valence-electron chi connectivity index (χ1n) is 10.6. The van der Waals surface area contributed by atoms with Crippen molar-refractivity contribution in [3.05, 3.63) is 72.3 Å². The highest BCUT2D eigenvalue weighted by molar-refractivity contribution is 7.81. The first kappa shape index (κ1) is 22.7. The molecule has 1 amide bonds. The lowest BCUT2D eigenvalue weighted by molar-refractivity contribution is -0.137. The number of rotatable bonds is 4. The molecule has 1 aromatic carbocycles. The second kappa shape index (κ2) is 8.32. The Hall–Kier alpha value is -4.04. The first-order valence-corrected chi connectivity index (χ1v) is 11.0. The lowest BCUT2D eigenvalue weighted by Crippen LogP contribution is -2.55. The van der Waals surface area contributed by atoms with Crippen molar-refractivity contribution in [2.24, 2.45) is 0 Å². The Morgan fingerprint density at radius 1 is 1.09 bits per heavy atom. The van der Waals surface area contributed by atoms with Crippen molar-refractivity contribution in [3.8, 4) is 17.6 Å². The van der Waals surface area contributed by atoms with Gasteiger partial charge in [-0.05, 0) is 73.9 Å². The summed E-state index contributed by atoms with van der Waals surface area (Å²) in [5.41, 5.74) is -3.13. The van der Waals surface area contributed by atoms with Gasteiger partial charge >= 0.3 is 6.18 Å². The predicted molar refractivity (Wildman–Crippen MR) is 124 cm³/mol. The highest BCUT2D eigenvalue weighted by atomic mass is 32.1. The first-order chi connectivity index (χ1) is 16.8. The van der Waals surface area contributed by atoms with Crippen molar-refractivity contribution >= 4 is 34.6 Å². The quantitative estimate of drug-likeness (QED) is 0.459. The van der Waals surface area contributed by atoms with Gasteiger partial charge < -0.3 is 9.64 Å². The van der Waals surface area contributed by atoms with Crippen molar-refractivity contribution in [2.75, 3.05) is 9.80 Å². The van der Waals surface area contributed by atoms with E-state index in [4.69, 9.17) is 17.0 Å². The van der Waals surface area contributed by atoms with E-state index in [-0.39, 0.29) is 5.11 Å². The van der Waals surface area contributed by atoms with Gasteiger partial charge in [-0.3, -0.25) is 14.7 Å². The highest BCUT2D eigenvalue weighted by Crippen LogP contribution is 2.50. The van der Waals surface area contributed by atoms with Gasteiger partial charge in [0.25, 0.3) is 5.91 Å². The summed E-state index contributed by atoms with van der Waals surface area (Å²) in [7, 11) is 0. The van der Waals surface area contributed by atoms with Crippen LogP contribution in [0.1, 0.15) is 30.5 Å². The number of amides is 1. The summed E-state index contributed by atoms with van der Waals surface area (Å²) in [6, 6.07) is 12.8. The van der Waals surface area contributed by atoms with E-state index in [0.717, 1.165) is 23.6 Å². The van der Waals surface area contributed by atoms with Gasteiger partial charge in [0.05, 0.1) is 11.9 Å². The van der Waals surface area contributed by atoms with Gasteiger partial charge in [-0.25, -0.2) is 4.98 Å². The Labute approximate surface area is 203 Å². The van der Waals surface area contributed by atoms with Crippen LogP contribution < -0.4 is 14.5 Å². The fourth-order valence-electron chi connectivity index (χ4n) is 4.40. The van der Waals surface area contributed by atoms with E-state index in [2.05, 4.69) is 9.97 Å². The van der Waals surface area contributed by atoms with Crippen molar-refractivity contribution in [2.45, 2.75) is 31.0 Å². The number of benzene rings is 1. The molecule has 1 aliphatic carbocycles. The van der Waals surface area contributed by atoms with Crippen LogP contribution >= 0.6 is 12.2 Å². The van der Waals surface area contributed by atoms with Crippen LogP contribution in [-0.2, 0) is 11.0 Å². The highest BCUT2D eigenvalue weighted by Gasteiger charge is 2.60. The van der Waals surface area contributed by atoms with Gasteiger partial charge in [-0.15, -0.1) is 0 Å². The number of hydrogen-bond acceptors (Lipinski definition) is 6. The number of alkyl halides is 3. The van der Waals surface area contributed by atoms with Crippen LogP contribution in [0.5, 0.6) is 11.5 Å². The summed E-state index contributed by atoms with van der Waals surface area (Å²) in [4.78, 5) is 23.6. The minimum absolute atomic E-state index is 0.0868. The predicted octanol–water partition coefficient (Wildman–Crippen LogP) is 5.22.